The highest BCUT2D eigenvalue weighted by Gasteiger charge is 2.23. The van der Waals surface area contributed by atoms with E-state index < -0.39 is 5.82 Å². The van der Waals surface area contributed by atoms with Crippen molar-refractivity contribution in [2.45, 2.75) is 40.0 Å². The molecule has 1 aliphatic carbocycles. The molecule has 0 atom stereocenters. The van der Waals surface area contributed by atoms with Crippen molar-refractivity contribution >= 4 is 22.3 Å². The molecule has 0 bridgehead atoms. The Labute approximate surface area is 249 Å². The zero-order valence-corrected chi connectivity index (χ0v) is 25.5. The fourth-order valence-corrected chi connectivity index (χ4v) is 5.25. The summed E-state index contributed by atoms with van der Waals surface area (Å²) in [5.41, 5.74) is 7.10. The lowest BCUT2D eigenvalue weighted by molar-refractivity contribution is 0.188. The second kappa shape index (κ2) is 13.7. The number of allylic oxidation sites excluding steroid dienone is 9. The monoisotopic (exact) mass is 569 g/mol. The first kappa shape index (κ1) is 30.8. The third kappa shape index (κ3) is 6.65. The zero-order chi connectivity index (χ0) is 30.4. The molecule has 3 heterocycles. The Bertz CT molecular complexity index is 1490. The number of aromatic amines is 1. The summed E-state index contributed by atoms with van der Waals surface area (Å²) in [6, 6.07) is 0. The van der Waals surface area contributed by atoms with E-state index in [0.717, 1.165) is 67.4 Å². The number of halogens is 1. The van der Waals surface area contributed by atoms with E-state index in [-0.39, 0.29) is 11.0 Å². The number of hydrogen-bond acceptors (Lipinski definition) is 6. The number of H-pyrrole nitrogens is 1. The van der Waals surface area contributed by atoms with Gasteiger partial charge in [-0.15, -0.1) is 0 Å². The lowest BCUT2D eigenvalue weighted by Gasteiger charge is -2.36. The van der Waals surface area contributed by atoms with Gasteiger partial charge in [0.25, 0.3) is 0 Å². The van der Waals surface area contributed by atoms with Crippen LogP contribution in [0.15, 0.2) is 91.3 Å². The van der Waals surface area contributed by atoms with E-state index in [9.17, 15) is 0 Å². The minimum atomic E-state index is -0.416. The highest BCUT2D eigenvalue weighted by Crippen LogP contribution is 2.33. The highest BCUT2D eigenvalue weighted by molar-refractivity contribution is 5.91. The molecule has 42 heavy (non-hydrogen) atoms. The van der Waals surface area contributed by atoms with Crippen molar-refractivity contribution in [3.8, 4) is 0 Å². The molecule has 0 aromatic carbocycles. The van der Waals surface area contributed by atoms with Gasteiger partial charge in [-0.05, 0) is 76.0 Å². The normalized spacial score (nSPS) is 17.9. The second-order valence-electron chi connectivity index (χ2n) is 11.0. The van der Waals surface area contributed by atoms with Crippen LogP contribution >= 0.6 is 0 Å². The largest absolute Gasteiger partial charge is 0.369 e. The smallest absolute Gasteiger partial charge is 0.184 e. The Hall–Kier alpha value is -4.17. The topological polar surface area (TPSA) is 72.1 Å². The van der Waals surface area contributed by atoms with Gasteiger partial charge in [-0.25, -0.2) is 9.37 Å². The number of fused-ring (bicyclic) bond motifs is 1. The molecule has 0 radical (unpaired) electrons. The third-order valence-corrected chi connectivity index (χ3v) is 8.28. The number of nitrogens with one attached hydrogen (secondary N) is 3. The van der Waals surface area contributed by atoms with Crippen molar-refractivity contribution in [3.05, 3.63) is 108 Å². The van der Waals surface area contributed by atoms with Crippen LogP contribution < -0.4 is 10.6 Å². The van der Waals surface area contributed by atoms with E-state index in [4.69, 9.17) is 0 Å². The van der Waals surface area contributed by atoms with Crippen LogP contribution in [0.4, 0.5) is 4.39 Å². The standard InChI is InChI=1S/C34H44FN7/c1-9-13-30(42-18-16-41(8)17-19-42)22(4)23(5)37-25(7)33-31-32(35)29(21-36-34(31)40-39-33)26(10-2)20-28(11-3)38-24(6)27-14-12-15-27/h9-11,13,20-21,27,37-38H,1,3,6-7,12,14-19H2,2,4-5,8H3,(H,36,39,40)/b23-22+,26-10+,28-20+,30-13+. The van der Waals surface area contributed by atoms with Crippen molar-refractivity contribution < 1.29 is 4.39 Å². The van der Waals surface area contributed by atoms with Crippen molar-refractivity contribution in [2.24, 2.45) is 5.92 Å². The van der Waals surface area contributed by atoms with Crippen LogP contribution in [-0.4, -0.2) is 58.2 Å². The molecule has 2 aromatic heterocycles. The van der Waals surface area contributed by atoms with Crippen LogP contribution in [0.5, 0.6) is 0 Å². The van der Waals surface area contributed by atoms with Gasteiger partial charge < -0.3 is 20.4 Å². The zero-order valence-electron chi connectivity index (χ0n) is 25.5. The Balaban J connectivity index is 1.61. The predicted octanol–water partition coefficient (Wildman–Crippen LogP) is 6.65. The van der Waals surface area contributed by atoms with Crippen molar-refractivity contribution in [3.63, 3.8) is 0 Å². The van der Waals surface area contributed by atoms with Crippen LogP contribution in [-0.2, 0) is 0 Å². The minimum absolute atomic E-state index is 0.288. The highest BCUT2D eigenvalue weighted by atomic mass is 19.1. The van der Waals surface area contributed by atoms with E-state index in [1.165, 1.54) is 12.6 Å². The number of piperazine rings is 1. The number of hydrogen-bond donors (Lipinski definition) is 3. The van der Waals surface area contributed by atoms with Crippen molar-refractivity contribution in [1.82, 2.24) is 35.6 Å². The maximum absolute atomic E-state index is 16.2. The molecule has 4 rings (SSSR count). The molecule has 1 saturated carbocycles. The molecular formula is C34H44FN7. The van der Waals surface area contributed by atoms with Gasteiger partial charge in [0.2, 0.25) is 0 Å². The van der Waals surface area contributed by atoms with Gasteiger partial charge >= 0.3 is 0 Å². The molecular weight excluding hydrogens is 525 g/mol. The Morgan fingerprint density at radius 1 is 1.12 bits per heavy atom. The maximum Gasteiger partial charge on any atom is 0.184 e. The SMILES string of the molecule is C=C/C=C(\C(C)=C(/C)NC(=C)c1[nH]nc2ncc(C(/C=C(\C=C)NC(=C)C3CCC3)=C/C)c(F)c12)N1CCN(C)CC1. The average molecular weight is 570 g/mol. The molecule has 222 valence electrons. The molecule has 8 heteroatoms. The van der Waals surface area contributed by atoms with Gasteiger partial charge in [0, 0.05) is 60.7 Å². The Morgan fingerprint density at radius 2 is 1.83 bits per heavy atom. The molecule has 0 amide bonds. The number of rotatable bonds is 12. The summed E-state index contributed by atoms with van der Waals surface area (Å²) in [6.45, 7) is 26.1. The van der Waals surface area contributed by atoms with Crippen LogP contribution in [0.3, 0.4) is 0 Å². The van der Waals surface area contributed by atoms with E-state index in [2.05, 4.69) is 75.9 Å². The van der Waals surface area contributed by atoms with Crippen LogP contribution in [0.1, 0.15) is 51.3 Å². The second-order valence-corrected chi connectivity index (χ2v) is 11.0. The summed E-state index contributed by atoms with van der Waals surface area (Å²) in [4.78, 5) is 9.16. The molecule has 7 nitrogen and oxygen atoms in total. The molecule has 0 spiro atoms. The average Bonchev–Trinajstić information content (AvgIpc) is 3.39. The van der Waals surface area contributed by atoms with Gasteiger partial charge in [-0.2, -0.15) is 5.10 Å². The first-order chi connectivity index (χ1) is 20.2. The minimum Gasteiger partial charge on any atom is -0.369 e. The first-order valence-corrected chi connectivity index (χ1v) is 14.6. The number of likely N-dealkylation sites (N-methyl/N-ethyl adjacent to an activating group) is 1. The number of aromatic nitrogens is 3. The summed E-state index contributed by atoms with van der Waals surface area (Å²) in [7, 11) is 2.14. The third-order valence-electron chi connectivity index (χ3n) is 8.28. The van der Waals surface area contributed by atoms with E-state index >= 15 is 4.39 Å². The fourth-order valence-electron chi connectivity index (χ4n) is 5.25. The summed E-state index contributed by atoms with van der Waals surface area (Å²) in [6.07, 6.45) is 14.3. The summed E-state index contributed by atoms with van der Waals surface area (Å²) >= 11 is 0. The lowest BCUT2D eigenvalue weighted by Crippen LogP contribution is -2.44. The first-order valence-electron chi connectivity index (χ1n) is 14.6. The summed E-state index contributed by atoms with van der Waals surface area (Å²) in [5, 5.41) is 14.3. The molecule has 2 aromatic rings. The molecule has 3 N–H and O–H groups in total. The summed E-state index contributed by atoms with van der Waals surface area (Å²) in [5.74, 6) is 0.0514. The Kier molecular flexibility index (Phi) is 10.0. The van der Waals surface area contributed by atoms with Crippen molar-refractivity contribution in [1.29, 1.82) is 0 Å². The van der Waals surface area contributed by atoms with E-state index in [1.54, 1.807) is 6.08 Å². The predicted molar refractivity (Wildman–Crippen MR) is 173 cm³/mol. The number of nitrogens with zero attached hydrogens (tertiary/aromatic N) is 4. The van der Waals surface area contributed by atoms with Gasteiger partial charge in [0.15, 0.2) is 5.65 Å². The lowest BCUT2D eigenvalue weighted by atomic mass is 9.83. The van der Waals surface area contributed by atoms with Gasteiger partial charge in [-0.1, -0.05) is 44.9 Å². The molecule has 1 aliphatic heterocycles. The molecule has 1 saturated heterocycles. The van der Waals surface area contributed by atoms with Gasteiger partial charge in [0.1, 0.15) is 5.82 Å². The van der Waals surface area contributed by atoms with E-state index in [1.807, 2.05) is 38.2 Å². The van der Waals surface area contributed by atoms with Gasteiger partial charge in [0.05, 0.1) is 16.8 Å². The fraction of sp³-hybridized carbons (Fsp3) is 0.353. The van der Waals surface area contributed by atoms with Gasteiger partial charge in [-0.3, -0.25) is 5.10 Å². The molecule has 2 fully saturated rings. The number of pyridine rings is 1. The quantitative estimate of drug-likeness (QED) is 0.249. The Morgan fingerprint density at radius 3 is 2.43 bits per heavy atom. The van der Waals surface area contributed by atoms with E-state index in [0.29, 0.717) is 28.4 Å². The van der Waals surface area contributed by atoms with Crippen molar-refractivity contribution in [2.75, 3.05) is 33.2 Å². The maximum atomic E-state index is 16.2. The van der Waals surface area contributed by atoms with Crippen LogP contribution in [0.25, 0.3) is 22.3 Å². The van der Waals surface area contributed by atoms with Crippen LogP contribution in [0.2, 0.25) is 0 Å². The molecule has 0 unspecified atom stereocenters. The molecule has 2 aliphatic rings. The van der Waals surface area contributed by atoms with Crippen LogP contribution in [0, 0.1) is 11.7 Å². The summed E-state index contributed by atoms with van der Waals surface area (Å²) < 4.78 is 16.2.